The van der Waals surface area contributed by atoms with Crippen LogP contribution in [0, 0.1) is 11.2 Å². The number of rotatable bonds is 8. The number of ether oxygens (including phenoxy) is 1. The summed E-state index contributed by atoms with van der Waals surface area (Å²) in [4.78, 5) is 24.5. The van der Waals surface area contributed by atoms with Crippen molar-refractivity contribution in [2.45, 2.75) is 31.2 Å². The highest BCUT2D eigenvalue weighted by Crippen LogP contribution is 2.69. The first-order valence-electron chi connectivity index (χ1n) is 9.62. The van der Waals surface area contributed by atoms with Crippen LogP contribution in [0.25, 0.3) is 6.08 Å². The maximum atomic E-state index is 13.4. The fourth-order valence-corrected chi connectivity index (χ4v) is 4.92. The highest BCUT2D eigenvalue weighted by molar-refractivity contribution is 6.31. The van der Waals surface area contributed by atoms with E-state index in [9.17, 15) is 14.0 Å². The quantitative estimate of drug-likeness (QED) is 0.564. The van der Waals surface area contributed by atoms with E-state index in [-0.39, 0.29) is 40.0 Å². The molecule has 0 heterocycles. The van der Waals surface area contributed by atoms with E-state index in [1.165, 1.54) is 18.2 Å². The number of ketones is 1. The van der Waals surface area contributed by atoms with Gasteiger partial charge in [-0.15, -0.1) is 0 Å². The second-order valence-electron chi connectivity index (χ2n) is 8.27. The van der Waals surface area contributed by atoms with E-state index in [1.54, 1.807) is 18.2 Å². The van der Waals surface area contributed by atoms with Crippen LogP contribution in [-0.2, 0) is 9.59 Å². The Hall–Kier alpha value is -2.37. The second-order valence-corrected chi connectivity index (χ2v) is 9.11. The number of halogens is 3. The van der Waals surface area contributed by atoms with Gasteiger partial charge in [0.2, 0.25) is 5.91 Å². The average molecular weight is 448 g/mol. The van der Waals surface area contributed by atoms with Gasteiger partial charge in [-0.25, -0.2) is 4.39 Å². The lowest BCUT2D eigenvalue weighted by molar-refractivity contribution is -0.171. The van der Waals surface area contributed by atoms with E-state index in [0.29, 0.717) is 11.4 Å². The molecule has 2 aromatic carbocycles. The Morgan fingerprint density at radius 2 is 1.90 bits per heavy atom. The van der Waals surface area contributed by atoms with E-state index < -0.39 is 5.82 Å². The lowest BCUT2D eigenvalue weighted by atomic mass is 9.38. The molecule has 1 amide bonds. The van der Waals surface area contributed by atoms with Gasteiger partial charge in [0.1, 0.15) is 18.2 Å². The molecule has 7 heteroatoms. The fraction of sp³-hybridized carbons (Fsp3) is 0.304. The van der Waals surface area contributed by atoms with Crippen LogP contribution < -0.4 is 10.1 Å². The van der Waals surface area contributed by atoms with Crippen molar-refractivity contribution in [3.05, 3.63) is 70.0 Å². The first-order valence-corrected chi connectivity index (χ1v) is 10.4. The van der Waals surface area contributed by atoms with Crippen LogP contribution in [0.3, 0.4) is 0 Å². The molecule has 5 rings (SSSR count). The van der Waals surface area contributed by atoms with Gasteiger partial charge in [-0.1, -0.05) is 35.3 Å². The van der Waals surface area contributed by atoms with Gasteiger partial charge in [0, 0.05) is 29.1 Å². The van der Waals surface area contributed by atoms with Crippen molar-refractivity contribution in [3.63, 3.8) is 0 Å². The van der Waals surface area contributed by atoms with Crippen molar-refractivity contribution in [2.75, 3.05) is 6.61 Å². The molecule has 4 nitrogen and oxygen atoms in total. The summed E-state index contributed by atoms with van der Waals surface area (Å²) in [5.41, 5.74) is 0.615. The largest absolute Gasteiger partial charge is 0.486 e. The van der Waals surface area contributed by atoms with Crippen LogP contribution in [-0.4, -0.2) is 23.8 Å². The molecule has 2 bridgehead atoms. The lowest BCUT2D eigenvalue weighted by Gasteiger charge is -2.70. The van der Waals surface area contributed by atoms with E-state index in [2.05, 4.69) is 5.32 Å². The van der Waals surface area contributed by atoms with Gasteiger partial charge in [0.05, 0.1) is 5.02 Å². The smallest absolute Gasteiger partial charge is 0.244 e. The van der Waals surface area contributed by atoms with Crippen molar-refractivity contribution in [1.29, 1.82) is 0 Å². The van der Waals surface area contributed by atoms with E-state index in [4.69, 9.17) is 27.9 Å². The molecule has 1 N–H and O–H groups in total. The normalized spacial score (nSPS) is 24.1. The third-order valence-electron chi connectivity index (χ3n) is 5.67. The minimum Gasteiger partial charge on any atom is -0.486 e. The Bertz CT molecular complexity index is 1020. The first-order chi connectivity index (χ1) is 14.3. The number of carbonyl (C=O) groups is 2. The highest BCUT2D eigenvalue weighted by Gasteiger charge is 2.68. The maximum Gasteiger partial charge on any atom is 0.244 e. The summed E-state index contributed by atoms with van der Waals surface area (Å²) in [7, 11) is 0. The Labute approximate surface area is 184 Å². The Morgan fingerprint density at radius 1 is 1.13 bits per heavy atom. The molecule has 156 valence electrons. The zero-order valence-electron chi connectivity index (χ0n) is 16.1. The number of Topliss-reactive ketones (excluding diaryl/α,β-unsaturated/α-hetero) is 1. The summed E-state index contributed by atoms with van der Waals surface area (Å²) in [6.45, 7) is -0.107. The molecule has 30 heavy (non-hydrogen) atoms. The molecule has 0 unspecified atom stereocenters. The molecule has 3 aliphatic carbocycles. The van der Waals surface area contributed by atoms with Crippen molar-refractivity contribution < 1.29 is 18.7 Å². The van der Waals surface area contributed by atoms with Gasteiger partial charge in [0.15, 0.2) is 5.78 Å². The van der Waals surface area contributed by atoms with Crippen LogP contribution in [0.15, 0.2) is 48.5 Å². The molecule has 3 aliphatic rings. The van der Waals surface area contributed by atoms with Crippen molar-refractivity contribution in [2.24, 2.45) is 5.41 Å². The predicted molar refractivity (Wildman–Crippen MR) is 114 cm³/mol. The molecule has 0 aliphatic heterocycles. The number of benzene rings is 2. The number of amides is 1. The molecule has 0 atom stereocenters. The van der Waals surface area contributed by atoms with E-state index in [1.807, 2.05) is 12.1 Å². The Balaban J connectivity index is 1.21. The molecule has 0 aromatic heterocycles. The molecular formula is C23H20Cl2FNO3. The Morgan fingerprint density at radius 3 is 2.60 bits per heavy atom. The third-order valence-corrected chi connectivity index (χ3v) is 6.21. The summed E-state index contributed by atoms with van der Waals surface area (Å²) in [6, 6.07) is 11.4. The fourth-order valence-electron chi connectivity index (χ4n) is 4.60. The molecule has 0 saturated heterocycles. The van der Waals surface area contributed by atoms with Gasteiger partial charge >= 0.3 is 0 Å². The summed E-state index contributed by atoms with van der Waals surface area (Å²) >= 11 is 11.6. The van der Waals surface area contributed by atoms with Gasteiger partial charge in [-0.05, 0) is 60.6 Å². The number of carbonyl (C=O) groups excluding carboxylic acids is 2. The van der Waals surface area contributed by atoms with Crippen LogP contribution in [0.4, 0.5) is 4.39 Å². The van der Waals surface area contributed by atoms with Gasteiger partial charge in [0.25, 0.3) is 0 Å². The minimum absolute atomic E-state index is 0.0114. The molecule has 0 spiro atoms. The average Bonchev–Trinajstić information content (AvgIpc) is 2.65. The van der Waals surface area contributed by atoms with Gasteiger partial charge in [-0.3, -0.25) is 9.59 Å². The van der Waals surface area contributed by atoms with Gasteiger partial charge < -0.3 is 10.1 Å². The Kier molecular flexibility index (Phi) is 5.60. The summed E-state index contributed by atoms with van der Waals surface area (Å²) < 4.78 is 18.8. The first kappa shape index (κ1) is 20.9. The number of hydrogen-bond acceptors (Lipinski definition) is 3. The summed E-state index contributed by atoms with van der Waals surface area (Å²) in [5.74, 6) is -0.491. The lowest BCUT2D eigenvalue weighted by Crippen LogP contribution is -2.74. The van der Waals surface area contributed by atoms with Crippen molar-refractivity contribution in [3.8, 4) is 5.75 Å². The molecule has 3 saturated carbocycles. The van der Waals surface area contributed by atoms with Crippen LogP contribution in [0.5, 0.6) is 5.75 Å². The van der Waals surface area contributed by atoms with Crippen LogP contribution in [0.1, 0.15) is 31.2 Å². The second kappa shape index (κ2) is 8.05. The number of nitrogens with one attached hydrogen (secondary N) is 1. The third kappa shape index (κ3) is 4.52. The highest BCUT2D eigenvalue weighted by atomic mass is 35.5. The standard InChI is InChI=1S/C23H20Cl2FNO3/c24-16-3-1-2-15(8-16)4-7-21(29)27-23-12-22(13-23,14-23)10-17(28)11-30-18-5-6-19(25)20(26)9-18/h1-9H,10-14H2,(H,27,29)/b7-4+. The van der Waals surface area contributed by atoms with Crippen molar-refractivity contribution in [1.82, 2.24) is 5.32 Å². The summed E-state index contributed by atoms with van der Waals surface area (Å²) in [6.07, 6.45) is 6.00. The zero-order valence-corrected chi connectivity index (χ0v) is 17.6. The molecule has 2 aromatic rings. The monoisotopic (exact) mass is 447 g/mol. The van der Waals surface area contributed by atoms with Crippen molar-refractivity contribution >= 4 is 41.0 Å². The van der Waals surface area contributed by atoms with Crippen LogP contribution >= 0.6 is 23.2 Å². The van der Waals surface area contributed by atoms with E-state index in [0.717, 1.165) is 30.9 Å². The predicted octanol–water partition coefficient (Wildman–Crippen LogP) is 5.22. The van der Waals surface area contributed by atoms with Gasteiger partial charge in [-0.2, -0.15) is 0 Å². The SMILES string of the molecule is O=C(COc1ccc(Cl)c(F)c1)CC12CC(NC(=O)/C=C/c3cccc(Cl)c3)(C1)C2. The number of hydrogen-bond donors (Lipinski definition) is 1. The summed E-state index contributed by atoms with van der Waals surface area (Å²) in [5, 5.41) is 3.69. The molecule has 3 fully saturated rings. The molecule has 0 radical (unpaired) electrons. The maximum absolute atomic E-state index is 13.4. The zero-order chi connectivity index (χ0) is 21.4. The minimum atomic E-state index is -0.580. The molecular weight excluding hydrogens is 428 g/mol. The topological polar surface area (TPSA) is 55.4 Å². The van der Waals surface area contributed by atoms with Crippen LogP contribution in [0.2, 0.25) is 10.0 Å². The van der Waals surface area contributed by atoms with E-state index >= 15 is 0 Å².